The molecular formula is C13H18FNO2. The second kappa shape index (κ2) is 6.23. The minimum Gasteiger partial charge on any atom is -0.481 e. The lowest BCUT2D eigenvalue weighted by atomic mass is 10.1. The number of anilines is 1. The normalized spacial score (nSPS) is 10.6. The summed E-state index contributed by atoms with van der Waals surface area (Å²) < 4.78 is 13.5. The zero-order valence-electron chi connectivity index (χ0n) is 10.2. The molecule has 1 rings (SSSR count). The van der Waals surface area contributed by atoms with E-state index in [2.05, 4.69) is 19.2 Å². The summed E-state index contributed by atoms with van der Waals surface area (Å²) in [5, 5.41) is 11.8. The fourth-order valence-electron chi connectivity index (χ4n) is 1.55. The quantitative estimate of drug-likeness (QED) is 0.802. The highest BCUT2D eigenvalue weighted by Gasteiger charge is 2.11. The van der Waals surface area contributed by atoms with Crippen LogP contribution >= 0.6 is 0 Å². The van der Waals surface area contributed by atoms with E-state index in [1.165, 1.54) is 6.07 Å². The molecule has 2 N–H and O–H groups in total. The Morgan fingerprint density at radius 1 is 1.47 bits per heavy atom. The van der Waals surface area contributed by atoms with Gasteiger partial charge >= 0.3 is 5.97 Å². The summed E-state index contributed by atoms with van der Waals surface area (Å²) in [5.74, 6) is -0.942. The Bertz CT molecular complexity index is 391. The Kier molecular flexibility index (Phi) is 4.94. The van der Waals surface area contributed by atoms with E-state index >= 15 is 0 Å². The first kappa shape index (κ1) is 13.5. The maximum Gasteiger partial charge on any atom is 0.308 e. The maximum absolute atomic E-state index is 13.5. The molecule has 0 saturated carbocycles. The minimum atomic E-state index is -1.03. The predicted octanol–water partition coefficient (Wildman–Crippen LogP) is 2.91. The molecule has 0 spiro atoms. The van der Waals surface area contributed by atoms with Crippen LogP contribution in [0.5, 0.6) is 0 Å². The fourth-order valence-corrected chi connectivity index (χ4v) is 1.55. The van der Waals surface area contributed by atoms with Gasteiger partial charge in [0.25, 0.3) is 0 Å². The summed E-state index contributed by atoms with van der Waals surface area (Å²) in [6.07, 6.45) is 0.666. The molecule has 0 amide bonds. The molecule has 0 aromatic heterocycles. The van der Waals surface area contributed by atoms with Crippen LogP contribution in [0, 0.1) is 11.7 Å². The van der Waals surface area contributed by atoms with Crippen molar-refractivity contribution in [2.45, 2.75) is 26.7 Å². The second-order valence-electron chi connectivity index (χ2n) is 4.45. The summed E-state index contributed by atoms with van der Waals surface area (Å²) in [7, 11) is 0. The molecule has 0 saturated heterocycles. The molecule has 3 nitrogen and oxygen atoms in total. The third kappa shape index (κ3) is 4.43. The second-order valence-corrected chi connectivity index (χ2v) is 4.45. The SMILES string of the molecule is CC(C)CCNc1cccc(F)c1CC(=O)O. The van der Waals surface area contributed by atoms with Gasteiger partial charge in [-0.1, -0.05) is 19.9 Å². The lowest BCUT2D eigenvalue weighted by molar-refractivity contribution is -0.136. The van der Waals surface area contributed by atoms with Crippen LogP contribution in [0.4, 0.5) is 10.1 Å². The molecule has 94 valence electrons. The first-order valence-electron chi connectivity index (χ1n) is 5.73. The van der Waals surface area contributed by atoms with Crippen molar-refractivity contribution in [3.8, 4) is 0 Å². The molecule has 0 heterocycles. The van der Waals surface area contributed by atoms with Crippen LogP contribution in [0.2, 0.25) is 0 Å². The van der Waals surface area contributed by atoms with Gasteiger partial charge in [0.1, 0.15) is 5.82 Å². The highest BCUT2D eigenvalue weighted by molar-refractivity contribution is 5.73. The van der Waals surface area contributed by atoms with Crippen LogP contribution in [0.25, 0.3) is 0 Å². The summed E-state index contributed by atoms with van der Waals surface area (Å²) in [4.78, 5) is 10.7. The van der Waals surface area contributed by atoms with Gasteiger partial charge in [0, 0.05) is 17.8 Å². The lowest BCUT2D eigenvalue weighted by Crippen LogP contribution is -2.10. The number of carboxylic acid groups (broad SMARTS) is 1. The summed E-state index contributed by atoms with van der Waals surface area (Å²) in [5.41, 5.74) is 0.803. The highest BCUT2D eigenvalue weighted by atomic mass is 19.1. The standard InChI is InChI=1S/C13H18FNO2/c1-9(2)6-7-15-12-5-3-4-11(14)10(12)8-13(16)17/h3-5,9,15H,6-8H2,1-2H3,(H,16,17). The first-order valence-corrected chi connectivity index (χ1v) is 5.73. The summed E-state index contributed by atoms with van der Waals surface area (Å²) in [6, 6.07) is 4.58. The van der Waals surface area contributed by atoms with Gasteiger partial charge in [-0.3, -0.25) is 4.79 Å². The molecule has 1 aromatic carbocycles. The van der Waals surface area contributed by atoms with Crippen molar-refractivity contribution < 1.29 is 14.3 Å². The molecule has 0 radical (unpaired) electrons. The van der Waals surface area contributed by atoms with Crippen molar-refractivity contribution >= 4 is 11.7 Å². The van der Waals surface area contributed by atoms with E-state index in [1.807, 2.05) is 0 Å². The van der Waals surface area contributed by atoms with E-state index in [-0.39, 0.29) is 12.0 Å². The van der Waals surface area contributed by atoms with Gasteiger partial charge in [0.2, 0.25) is 0 Å². The predicted molar refractivity (Wildman–Crippen MR) is 65.7 cm³/mol. The number of benzene rings is 1. The van der Waals surface area contributed by atoms with Crippen molar-refractivity contribution in [1.29, 1.82) is 0 Å². The van der Waals surface area contributed by atoms with Crippen LogP contribution < -0.4 is 5.32 Å². The molecule has 0 unspecified atom stereocenters. The Morgan fingerprint density at radius 3 is 2.76 bits per heavy atom. The van der Waals surface area contributed by atoms with Gasteiger partial charge in [0.05, 0.1) is 6.42 Å². The number of aliphatic carboxylic acids is 1. The van der Waals surface area contributed by atoms with E-state index < -0.39 is 11.8 Å². The maximum atomic E-state index is 13.5. The van der Waals surface area contributed by atoms with Crippen LogP contribution in [0.1, 0.15) is 25.8 Å². The fraction of sp³-hybridized carbons (Fsp3) is 0.462. The number of hydrogen-bond donors (Lipinski definition) is 2. The van der Waals surface area contributed by atoms with Crippen LogP contribution in [-0.2, 0) is 11.2 Å². The molecular weight excluding hydrogens is 221 g/mol. The Balaban J connectivity index is 2.76. The van der Waals surface area contributed by atoms with Gasteiger partial charge in [-0.25, -0.2) is 4.39 Å². The summed E-state index contributed by atoms with van der Waals surface area (Å²) in [6.45, 7) is 4.92. The average Bonchev–Trinajstić information content (AvgIpc) is 2.22. The van der Waals surface area contributed by atoms with Gasteiger partial charge in [-0.05, 0) is 24.5 Å². The zero-order valence-corrected chi connectivity index (χ0v) is 10.2. The number of hydrogen-bond acceptors (Lipinski definition) is 2. The molecule has 0 aliphatic rings. The van der Waals surface area contributed by atoms with Crippen LogP contribution in [-0.4, -0.2) is 17.6 Å². The van der Waals surface area contributed by atoms with Crippen LogP contribution in [0.3, 0.4) is 0 Å². The molecule has 0 bridgehead atoms. The zero-order chi connectivity index (χ0) is 12.8. The Morgan fingerprint density at radius 2 is 2.18 bits per heavy atom. The third-order valence-corrected chi connectivity index (χ3v) is 2.48. The topological polar surface area (TPSA) is 49.3 Å². The monoisotopic (exact) mass is 239 g/mol. The van der Waals surface area contributed by atoms with Gasteiger partial charge in [-0.15, -0.1) is 0 Å². The van der Waals surface area contributed by atoms with E-state index in [1.54, 1.807) is 12.1 Å². The van der Waals surface area contributed by atoms with Gasteiger partial charge in [0.15, 0.2) is 0 Å². The highest BCUT2D eigenvalue weighted by Crippen LogP contribution is 2.20. The van der Waals surface area contributed by atoms with E-state index in [0.29, 0.717) is 18.2 Å². The van der Waals surface area contributed by atoms with E-state index in [4.69, 9.17) is 5.11 Å². The van der Waals surface area contributed by atoms with Crippen LogP contribution in [0.15, 0.2) is 18.2 Å². The third-order valence-electron chi connectivity index (χ3n) is 2.48. The Labute approximate surface area is 101 Å². The van der Waals surface area contributed by atoms with Crippen molar-refractivity contribution in [3.05, 3.63) is 29.6 Å². The van der Waals surface area contributed by atoms with Crippen molar-refractivity contribution in [2.24, 2.45) is 5.92 Å². The van der Waals surface area contributed by atoms with Crippen molar-refractivity contribution in [3.63, 3.8) is 0 Å². The minimum absolute atomic E-state index is 0.226. The first-order chi connectivity index (χ1) is 8.00. The van der Waals surface area contributed by atoms with E-state index in [0.717, 1.165) is 6.42 Å². The van der Waals surface area contributed by atoms with Gasteiger partial charge in [-0.2, -0.15) is 0 Å². The van der Waals surface area contributed by atoms with Crippen molar-refractivity contribution in [1.82, 2.24) is 0 Å². The molecule has 1 aromatic rings. The van der Waals surface area contributed by atoms with Crippen molar-refractivity contribution in [2.75, 3.05) is 11.9 Å². The largest absolute Gasteiger partial charge is 0.481 e. The van der Waals surface area contributed by atoms with Gasteiger partial charge < -0.3 is 10.4 Å². The molecule has 0 fully saturated rings. The number of halogens is 1. The molecule has 17 heavy (non-hydrogen) atoms. The number of rotatable bonds is 6. The summed E-state index contributed by atoms with van der Waals surface area (Å²) >= 11 is 0. The number of carboxylic acids is 1. The van der Waals surface area contributed by atoms with E-state index in [9.17, 15) is 9.18 Å². The molecule has 0 atom stereocenters. The average molecular weight is 239 g/mol. The number of nitrogens with one attached hydrogen (secondary N) is 1. The molecule has 0 aliphatic carbocycles. The molecule has 0 aliphatic heterocycles. The lowest BCUT2D eigenvalue weighted by Gasteiger charge is -2.12. The molecule has 4 heteroatoms. The smallest absolute Gasteiger partial charge is 0.308 e. The number of carbonyl (C=O) groups is 1. The Hall–Kier alpha value is -1.58.